The third-order valence-corrected chi connectivity index (χ3v) is 12.4. The van der Waals surface area contributed by atoms with Crippen molar-refractivity contribution in [2.45, 2.75) is 0 Å². The van der Waals surface area contributed by atoms with Crippen LogP contribution in [0.3, 0.4) is 0 Å². The Bertz CT molecular complexity index is 3810. The summed E-state index contributed by atoms with van der Waals surface area (Å²) in [5.74, 6) is 1.59. The highest BCUT2D eigenvalue weighted by atomic mass is 16.3. The summed E-state index contributed by atoms with van der Waals surface area (Å²) in [4.78, 5) is 0. The van der Waals surface area contributed by atoms with Crippen LogP contribution >= 0.6 is 0 Å². The van der Waals surface area contributed by atoms with Crippen LogP contribution < -0.4 is 0 Å². The molecule has 0 saturated heterocycles. The Kier molecular flexibility index (Phi) is 7.50. The zero-order valence-corrected chi connectivity index (χ0v) is 33.4. The summed E-state index contributed by atoms with van der Waals surface area (Å²) < 4.78 is 13.5. The standard InChI is InChI=1S/C56H35N5O/c1-3-17-36(18-4-1)55-57-58-56(37-19-5-2-6-20-37)59(55)38-31-32-51-44(33-38)41-23-9-14-28-49(41)60(51)47-26-12-7-21-39(47)40-22-8-13-27-48(40)61-50-29-15-10-24-42(50)45-35-54-46(34-52(45)61)43-25-11-16-30-53(43)62-54/h1-35H. The van der Waals surface area contributed by atoms with E-state index in [4.69, 9.17) is 14.6 Å². The largest absolute Gasteiger partial charge is 0.456 e. The van der Waals surface area contributed by atoms with Crippen LogP contribution in [0.1, 0.15) is 0 Å². The molecule has 0 aliphatic rings. The molecule has 62 heavy (non-hydrogen) atoms. The molecule has 0 amide bonds. The molecule has 0 saturated carbocycles. The first-order valence-corrected chi connectivity index (χ1v) is 20.9. The molecule has 0 N–H and O–H groups in total. The molecular weight excluding hydrogens is 759 g/mol. The van der Waals surface area contributed by atoms with Gasteiger partial charge in [-0.3, -0.25) is 4.57 Å². The van der Waals surface area contributed by atoms with E-state index in [1.807, 2.05) is 48.5 Å². The number of fused-ring (bicyclic) bond motifs is 9. The van der Waals surface area contributed by atoms with Gasteiger partial charge in [0.1, 0.15) is 11.2 Å². The minimum atomic E-state index is 0.793. The average Bonchev–Trinajstić information content (AvgIpc) is 4.11. The number of aromatic nitrogens is 5. The van der Waals surface area contributed by atoms with Gasteiger partial charge in [0.15, 0.2) is 11.6 Å². The molecule has 0 aliphatic heterocycles. The maximum atomic E-state index is 6.41. The van der Waals surface area contributed by atoms with Crippen LogP contribution in [0.4, 0.5) is 0 Å². The topological polar surface area (TPSA) is 53.7 Å². The number of rotatable bonds is 6. The fourth-order valence-electron chi connectivity index (χ4n) is 9.68. The smallest absolute Gasteiger partial charge is 0.168 e. The van der Waals surface area contributed by atoms with E-state index in [-0.39, 0.29) is 0 Å². The quantitative estimate of drug-likeness (QED) is 0.168. The number of hydrogen-bond acceptors (Lipinski definition) is 3. The molecule has 9 aromatic carbocycles. The van der Waals surface area contributed by atoms with E-state index in [9.17, 15) is 0 Å². The van der Waals surface area contributed by atoms with Crippen molar-refractivity contribution >= 4 is 65.6 Å². The maximum Gasteiger partial charge on any atom is 0.168 e. The molecule has 0 atom stereocenters. The second kappa shape index (κ2) is 13.5. The minimum Gasteiger partial charge on any atom is -0.456 e. The number of para-hydroxylation sites is 5. The lowest BCUT2D eigenvalue weighted by molar-refractivity contribution is 0.669. The fraction of sp³-hybridized carbons (Fsp3) is 0. The fourth-order valence-corrected chi connectivity index (χ4v) is 9.68. The molecule has 0 fully saturated rings. The van der Waals surface area contributed by atoms with Crippen molar-refractivity contribution in [3.8, 4) is 51.0 Å². The Balaban J connectivity index is 1.04. The van der Waals surface area contributed by atoms with E-state index in [0.29, 0.717) is 0 Å². The van der Waals surface area contributed by atoms with Gasteiger partial charge >= 0.3 is 0 Å². The Morgan fingerprint density at radius 2 is 0.790 bits per heavy atom. The SMILES string of the molecule is c1ccc(-c2nnc(-c3ccccc3)n2-c2ccc3c(c2)c2ccccc2n3-c2ccccc2-c2ccccc2-n2c3ccccc3c3cc4oc5ccccc5c4cc32)cc1. The lowest BCUT2D eigenvalue weighted by Gasteiger charge is -2.18. The molecule has 4 aromatic heterocycles. The van der Waals surface area contributed by atoms with Crippen LogP contribution in [-0.2, 0) is 0 Å². The van der Waals surface area contributed by atoms with Gasteiger partial charge in [-0.25, -0.2) is 0 Å². The molecule has 0 unspecified atom stereocenters. The van der Waals surface area contributed by atoms with Crippen molar-refractivity contribution in [3.05, 3.63) is 212 Å². The first-order valence-electron chi connectivity index (χ1n) is 20.9. The predicted octanol–water partition coefficient (Wildman–Crippen LogP) is 14.4. The van der Waals surface area contributed by atoms with Crippen molar-refractivity contribution in [3.63, 3.8) is 0 Å². The van der Waals surface area contributed by atoms with Crippen LogP contribution in [0.5, 0.6) is 0 Å². The van der Waals surface area contributed by atoms with Gasteiger partial charge < -0.3 is 13.6 Å². The molecule has 0 aliphatic carbocycles. The van der Waals surface area contributed by atoms with Gasteiger partial charge in [-0.15, -0.1) is 10.2 Å². The third kappa shape index (κ3) is 5.10. The van der Waals surface area contributed by atoms with E-state index in [0.717, 1.165) is 106 Å². The van der Waals surface area contributed by atoms with E-state index >= 15 is 0 Å². The highest BCUT2D eigenvalue weighted by molar-refractivity contribution is 6.17. The Morgan fingerprint density at radius 3 is 1.42 bits per heavy atom. The zero-order valence-electron chi connectivity index (χ0n) is 33.4. The van der Waals surface area contributed by atoms with Crippen LogP contribution in [-0.4, -0.2) is 23.9 Å². The average molecular weight is 794 g/mol. The van der Waals surface area contributed by atoms with E-state index in [1.54, 1.807) is 0 Å². The van der Waals surface area contributed by atoms with Gasteiger partial charge in [0.2, 0.25) is 0 Å². The number of furan rings is 1. The van der Waals surface area contributed by atoms with Crippen molar-refractivity contribution in [2.75, 3.05) is 0 Å². The third-order valence-electron chi connectivity index (χ3n) is 12.4. The van der Waals surface area contributed by atoms with E-state index in [2.05, 4.69) is 177 Å². The summed E-state index contributed by atoms with van der Waals surface area (Å²) in [6.07, 6.45) is 0. The Morgan fingerprint density at radius 1 is 0.306 bits per heavy atom. The monoisotopic (exact) mass is 793 g/mol. The lowest BCUT2D eigenvalue weighted by atomic mass is 10.0. The van der Waals surface area contributed by atoms with E-state index in [1.165, 1.54) is 10.8 Å². The summed E-state index contributed by atoms with van der Waals surface area (Å²) in [5, 5.41) is 16.4. The molecule has 6 nitrogen and oxygen atoms in total. The molecule has 4 heterocycles. The molecule has 0 spiro atoms. The molecule has 0 bridgehead atoms. The lowest BCUT2D eigenvalue weighted by Crippen LogP contribution is -2.02. The van der Waals surface area contributed by atoms with Crippen LogP contribution in [0.15, 0.2) is 217 Å². The summed E-state index contributed by atoms with van der Waals surface area (Å²) >= 11 is 0. The molecule has 6 heteroatoms. The second-order valence-electron chi connectivity index (χ2n) is 15.8. The van der Waals surface area contributed by atoms with Crippen LogP contribution in [0.2, 0.25) is 0 Å². The van der Waals surface area contributed by atoms with Crippen molar-refractivity contribution < 1.29 is 4.42 Å². The summed E-state index contributed by atoms with van der Waals surface area (Å²) in [6, 6.07) is 75.2. The summed E-state index contributed by atoms with van der Waals surface area (Å²) in [6.45, 7) is 0. The molecule has 0 radical (unpaired) electrons. The van der Waals surface area contributed by atoms with Gasteiger partial charge in [0, 0.05) is 54.6 Å². The first-order chi connectivity index (χ1) is 30.8. The Labute approximate surface area is 355 Å². The van der Waals surface area contributed by atoms with Crippen molar-refractivity contribution in [1.29, 1.82) is 0 Å². The minimum absolute atomic E-state index is 0.793. The highest BCUT2D eigenvalue weighted by Crippen LogP contribution is 2.43. The second-order valence-corrected chi connectivity index (χ2v) is 15.8. The van der Waals surface area contributed by atoms with Gasteiger partial charge in [0.25, 0.3) is 0 Å². The van der Waals surface area contributed by atoms with Gasteiger partial charge in [0.05, 0.1) is 39.1 Å². The first kappa shape index (κ1) is 34.4. The number of nitrogens with zero attached hydrogens (tertiary/aromatic N) is 5. The van der Waals surface area contributed by atoms with Gasteiger partial charge in [-0.2, -0.15) is 0 Å². The van der Waals surface area contributed by atoms with Crippen LogP contribution in [0.25, 0.3) is 117 Å². The zero-order chi connectivity index (χ0) is 40.7. The number of hydrogen-bond donors (Lipinski definition) is 0. The predicted molar refractivity (Wildman–Crippen MR) is 254 cm³/mol. The highest BCUT2D eigenvalue weighted by Gasteiger charge is 2.23. The molecule has 13 aromatic rings. The summed E-state index contributed by atoms with van der Waals surface area (Å²) in [5.41, 5.74) is 13.8. The normalized spacial score (nSPS) is 11.9. The molecular formula is C56H35N5O. The van der Waals surface area contributed by atoms with Gasteiger partial charge in [-0.05, 0) is 60.7 Å². The summed E-state index contributed by atoms with van der Waals surface area (Å²) in [7, 11) is 0. The molecule has 290 valence electrons. The Hall–Kier alpha value is -8.48. The van der Waals surface area contributed by atoms with Crippen molar-refractivity contribution in [1.82, 2.24) is 23.9 Å². The molecule has 13 rings (SSSR count). The van der Waals surface area contributed by atoms with Crippen LogP contribution in [0, 0.1) is 0 Å². The van der Waals surface area contributed by atoms with Crippen molar-refractivity contribution in [2.24, 2.45) is 0 Å². The maximum absolute atomic E-state index is 6.41. The van der Waals surface area contributed by atoms with E-state index < -0.39 is 0 Å². The number of benzene rings is 9. The van der Waals surface area contributed by atoms with Gasteiger partial charge in [-0.1, -0.05) is 152 Å².